The van der Waals surface area contributed by atoms with Crippen molar-refractivity contribution >= 4 is 43.7 Å². The second kappa shape index (κ2) is 3.56. The van der Waals surface area contributed by atoms with Crippen LogP contribution < -0.4 is 5.32 Å². The first-order valence-electron chi connectivity index (χ1n) is 4.27. The maximum atomic E-state index is 4.22. The van der Waals surface area contributed by atoms with Gasteiger partial charge in [0.05, 0.1) is 21.9 Å². The Morgan fingerprint density at radius 1 is 1.20 bits per heavy atom. The Balaban J connectivity index is 2.07. The van der Waals surface area contributed by atoms with Crippen LogP contribution in [0.2, 0.25) is 0 Å². The minimum absolute atomic E-state index is 0.847. The fourth-order valence-corrected chi connectivity index (χ4v) is 2.57. The largest absolute Gasteiger partial charge is 0.329 e. The normalized spacial score (nSPS) is 10.7. The van der Waals surface area contributed by atoms with Gasteiger partial charge < -0.3 is 5.32 Å². The first kappa shape index (κ1) is 8.75. The Labute approximate surface area is 93.7 Å². The molecule has 0 radical (unpaired) electrons. The molecular weight excluding hydrogens is 228 g/mol. The van der Waals surface area contributed by atoms with E-state index in [1.165, 1.54) is 0 Å². The first-order chi connectivity index (χ1) is 7.43. The lowest BCUT2D eigenvalue weighted by Gasteiger charge is -2.01. The van der Waals surface area contributed by atoms with Crippen LogP contribution in [0.3, 0.4) is 0 Å². The van der Waals surface area contributed by atoms with Crippen LogP contribution in [0.15, 0.2) is 29.5 Å². The van der Waals surface area contributed by atoms with Gasteiger partial charge in [0, 0.05) is 0 Å². The van der Waals surface area contributed by atoms with Crippen LogP contribution in [0.4, 0.5) is 10.8 Å². The maximum Gasteiger partial charge on any atom is 0.152 e. The summed E-state index contributed by atoms with van der Waals surface area (Å²) in [4.78, 5) is 12.4. The van der Waals surface area contributed by atoms with Crippen molar-refractivity contribution in [2.24, 2.45) is 0 Å². The summed E-state index contributed by atoms with van der Waals surface area (Å²) >= 11 is 3.18. The highest BCUT2D eigenvalue weighted by atomic mass is 32.1. The van der Waals surface area contributed by atoms with E-state index >= 15 is 0 Å². The second-order valence-electron chi connectivity index (χ2n) is 2.85. The van der Waals surface area contributed by atoms with Gasteiger partial charge in [0.15, 0.2) is 5.82 Å². The fourth-order valence-electron chi connectivity index (χ4n) is 1.27. The number of anilines is 2. The quantitative estimate of drug-likeness (QED) is 0.740. The topological polar surface area (TPSA) is 50.7 Å². The van der Waals surface area contributed by atoms with Crippen molar-refractivity contribution in [1.29, 1.82) is 0 Å². The van der Waals surface area contributed by atoms with E-state index < -0.39 is 0 Å². The molecule has 74 valence electrons. The fraction of sp³-hybridized carbons (Fsp3) is 0. The number of nitrogens with one attached hydrogen (secondary N) is 1. The zero-order valence-corrected chi connectivity index (χ0v) is 9.18. The number of thiazole rings is 1. The molecule has 0 saturated heterocycles. The zero-order valence-electron chi connectivity index (χ0n) is 7.54. The highest BCUT2D eigenvalue weighted by Crippen LogP contribution is 2.28. The molecule has 3 rings (SSSR count). The third-order valence-corrected chi connectivity index (χ3v) is 3.52. The molecule has 0 aliphatic carbocycles. The van der Waals surface area contributed by atoms with Gasteiger partial charge in [-0.15, -0.1) is 22.7 Å². The van der Waals surface area contributed by atoms with Gasteiger partial charge in [0.2, 0.25) is 0 Å². The first-order valence-corrected chi connectivity index (χ1v) is 6.03. The van der Waals surface area contributed by atoms with E-state index in [0.717, 1.165) is 21.0 Å². The van der Waals surface area contributed by atoms with E-state index in [-0.39, 0.29) is 0 Å². The Hall–Kier alpha value is -1.53. The molecule has 6 heteroatoms. The zero-order chi connectivity index (χ0) is 10.1. The lowest BCUT2D eigenvalue weighted by atomic mass is 10.4. The molecule has 0 bridgehead atoms. The van der Waals surface area contributed by atoms with Gasteiger partial charge in [-0.2, -0.15) is 0 Å². The standard InChI is InChI=1S/C9H6N4S2/c1-2-14-8-6(1)11-4-12-9(8)13-7-3-10-5-15-7/h1-5H,(H,11,12,13). The van der Waals surface area contributed by atoms with Gasteiger partial charge in [-0.05, 0) is 11.4 Å². The molecule has 0 aromatic carbocycles. The summed E-state index contributed by atoms with van der Waals surface area (Å²) < 4.78 is 1.07. The minimum atomic E-state index is 0.847. The lowest BCUT2D eigenvalue weighted by molar-refractivity contribution is 1.23. The Morgan fingerprint density at radius 2 is 2.20 bits per heavy atom. The van der Waals surface area contributed by atoms with Crippen LogP contribution in [0, 0.1) is 0 Å². The van der Waals surface area contributed by atoms with Crippen LogP contribution in [0.1, 0.15) is 0 Å². The van der Waals surface area contributed by atoms with Crippen molar-refractivity contribution in [1.82, 2.24) is 15.0 Å². The molecule has 0 saturated carbocycles. The summed E-state index contributed by atoms with van der Waals surface area (Å²) in [7, 11) is 0. The molecule has 1 N–H and O–H groups in total. The van der Waals surface area contributed by atoms with Gasteiger partial charge in [0.25, 0.3) is 0 Å². The Kier molecular flexibility index (Phi) is 2.08. The summed E-state index contributed by atoms with van der Waals surface area (Å²) in [5, 5.41) is 6.23. The average molecular weight is 234 g/mol. The van der Waals surface area contributed by atoms with Crippen LogP contribution in [0.25, 0.3) is 10.2 Å². The van der Waals surface area contributed by atoms with Crippen molar-refractivity contribution in [2.45, 2.75) is 0 Å². The molecule has 0 atom stereocenters. The van der Waals surface area contributed by atoms with E-state index in [1.54, 1.807) is 40.7 Å². The van der Waals surface area contributed by atoms with Gasteiger partial charge in [0.1, 0.15) is 11.3 Å². The third kappa shape index (κ3) is 1.57. The van der Waals surface area contributed by atoms with Crippen molar-refractivity contribution in [3.05, 3.63) is 29.5 Å². The Bertz CT molecular complexity index is 573. The van der Waals surface area contributed by atoms with Crippen molar-refractivity contribution in [3.63, 3.8) is 0 Å². The van der Waals surface area contributed by atoms with Gasteiger partial charge in [-0.3, -0.25) is 4.98 Å². The molecule has 3 heterocycles. The predicted molar refractivity (Wildman–Crippen MR) is 62.8 cm³/mol. The predicted octanol–water partition coefficient (Wildman–Crippen LogP) is 2.89. The van der Waals surface area contributed by atoms with Gasteiger partial charge in [-0.25, -0.2) is 9.97 Å². The molecule has 0 unspecified atom stereocenters. The van der Waals surface area contributed by atoms with Crippen LogP contribution in [-0.2, 0) is 0 Å². The van der Waals surface area contributed by atoms with E-state index in [0.29, 0.717) is 0 Å². The summed E-state index contributed by atoms with van der Waals surface area (Å²) in [5.74, 6) is 0.847. The van der Waals surface area contributed by atoms with E-state index in [9.17, 15) is 0 Å². The average Bonchev–Trinajstić information content (AvgIpc) is 2.87. The highest BCUT2D eigenvalue weighted by molar-refractivity contribution is 7.18. The lowest BCUT2D eigenvalue weighted by Crippen LogP contribution is -1.91. The van der Waals surface area contributed by atoms with Crippen LogP contribution in [-0.4, -0.2) is 15.0 Å². The number of rotatable bonds is 2. The molecule has 0 aliphatic rings. The van der Waals surface area contributed by atoms with Crippen molar-refractivity contribution in [3.8, 4) is 0 Å². The Morgan fingerprint density at radius 3 is 3.07 bits per heavy atom. The van der Waals surface area contributed by atoms with Crippen LogP contribution >= 0.6 is 22.7 Å². The van der Waals surface area contributed by atoms with Gasteiger partial charge in [-0.1, -0.05) is 0 Å². The molecule has 3 aromatic rings. The molecule has 3 aromatic heterocycles. The third-order valence-electron chi connectivity index (χ3n) is 1.92. The number of fused-ring (bicyclic) bond motifs is 1. The molecule has 0 amide bonds. The van der Waals surface area contributed by atoms with E-state index in [4.69, 9.17) is 0 Å². The number of nitrogens with zero attached hydrogens (tertiary/aromatic N) is 3. The molecule has 0 aliphatic heterocycles. The smallest absolute Gasteiger partial charge is 0.152 e. The summed E-state index contributed by atoms with van der Waals surface area (Å²) in [5.41, 5.74) is 2.76. The second-order valence-corrected chi connectivity index (χ2v) is 4.65. The van der Waals surface area contributed by atoms with Crippen molar-refractivity contribution in [2.75, 3.05) is 5.32 Å². The monoisotopic (exact) mass is 234 g/mol. The number of hydrogen-bond donors (Lipinski definition) is 1. The van der Waals surface area contributed by atoms with Crippen LogP contribution in [0.5, 0.6) is 0 Å². The molecule has 15 heavy (non-hydrogen) atoms. The SMILES string of the molecule is c1nc(Nc2cncs2)c2sccc2n1. The summed E-state index contributed by atoms with van der Waals surface area (Å²) in [6, 6.07) is 1.99. The number of hydrogen-bond acceptors (Lipinski definition) is 6. The highest BCUT2D eigenvalue weighted by Gasteiger charge is 2.05. The van der Waals surface area contributed by atoms with Crippen molar-refractivity contribution < 1.29 is 0 Å². The summed E-state index contributed by atoms with van der Waals surface area (Å²) in [6.07, 6.45) is 3.35. The van der Waals surface area contributed by atoms with E-state index in [1.807, 2.05) is 11.4 Å². The van der Waals surface area contributed by atoms with E-state index in [2.05, 4.69) is 20.3 Å². The molecule has 4 nitrogen and oxygen atoms in total. The molecule has 0 fully saturated rings. The molecule has 0 spiro atoms. The maximum absolute atomic E-state index is 4.22. The number of thiophene rings is 1. The minimum Gasteiger partial charge on any atom is -0.329 e. The number of aromatic nitrogens is 3. The molecular formula is C9H6N4S2. The van der Waals surface area contributed by atoms with Gasteiger partial charge >= 0.3 is 0 Å². The summed E-state index contributed by atoms with van der Waals surface area (Å²) in [6.45, 7) is 0.